The van der Waals surface area contributed by atoms with Gasteiger partial charge in [-0.05, 0) is 43.2 Å². The van der Waals surface area contributed by atoms with E-state index in [0.717, 1.165) is 11.4 Å². The van der Waals surface area contributed by atoms with Crippen molar-refractivity contribution in [3.8, 4) is 0 Å². The number of carbonyl (C=O) groups is 1. The monoisotopic (exact) mass is 418 g/mol. The lowest BCUT2D eigenvalue weighted by Gasteiger charge is -2.24. The van der Waals surface area contributed by atoms with Gasteiger partial charge in [-0.15, -0.1) is 0 Å². The van der Waals surface area contributed by atoms with E-state index in [1.807, 2.05) is 43.3 Å². The molecule has 1 aliphatic heterocycles. The van der Waals surface area contributed by atoms with Crippen molar-refractivity contribution >= 4 is 38.7 Å². The number of nitrogens with one attached hydrogen (secondary N) is 2. The first-order valence-electron chi connectivity index (χ1n) is 9.47. The molecule has 0 bridgehead atoms. The number of hydrogen-bond acceptors (Lipinski definition) is 6. The Hall–Kier alpha value is -2.78. The third-order valence-corrected chi connectivity index (χ3v) is 6.73. The summed E-state index contributed by atoms with van der Waals surface area (Å²) in [5.74, 6) is -0.438. The van der Waals surface area contributed by atoms with E-state index in [2.05, 4.69) is 5.32 Å². The van der Waals surface area contributed by atoms with Gasteiger partial charge in [0.15, 0.2) is 0 Å². The van der Waals surface area contributed by atoms with Gasteiger partial charge in [0.2, 0.25) is 5.91 Å². The van der Waals surface area contributed by atoms with Crippen LogP contribution in [0.3, 0.4) is 0 Å². The van der Waals surface area contributed by atoms with Crippen LogP contribution in [0.25, 0.3) is 0 Å². The molecular formula is C20H26N4O4S. The number of benzene rings is 2. The Kier molecular flexibility index (Phi) is 6.29. The molecule has 2 aromatic carbocycles. The molecule has 9 heteroatoms. The van der Waals surface area contributed by atoms with E-state index in [1.54, 1.807) is 23.7 Å². The van der Waals surface area contributed by atoms with E-state index in [-0.39, 0.29) is 11.3 Å². The molecule has 0 radical (unpaired) electrons. The number of unbranched alkanes of at least 4 members (excludes halogenated alkanes) is 2. The van der Waals surface area contributed by atoms with Gasteiger partial charge in [-0.25, -0.2) is 13.9 Å². The Labute approximate surface area is 171 Å². The van der Waals surface area contributed by atoms with Gasteiger partial charge in [-0.3, -0.25) is 14.3 Å². The highest BCUT2D eigenvalue weighted by molar-refractivity contribution is 7.93. The summed E-state index contributed by atoms with van der Waals surface area (Å²) in [5.41, 5.74) is 4.28. The highest BCUT2D eigenvalue weighted by Crippen LogP contribution is 2.40. The number of fused-ring (bicyclic) bond motifs is 2. The summed E-state index contributed by atoms with van der Waals surface area (Å²) in [5, 5.41) is 11.8. The summed E-state index contributed by atoms with van der Waals surface area (Å²) in [4.78, 5) is 13.2. The number of rotatable bonds is 7. The number of amides is 1. The van der Waals surface area contributed by atoms with Crippen molar-refractivity contribution in [2.45, 2.75) is 30.6 Å². The Balaban J connectivity index is 1.91. The molecule has 8 nitrogen and oxygen atoms in total. The molecule has 0 aromatic heterocycles. The zero-order valence-corrected chi connectivity index (χ0v) is 17.4. The molecule has 0 aliphatic carbocycles. The average molecular weight is 419 g/mol. The molecule has 0 fully saturated rings. The van der Waals surface area contributed by atoms with Crippen molar-refractivity contribution in [1.29, 1.82) is 0 Å². The van der Waals surface area contributed by atoms with Crippen LogP contribution in [0.4, 0.5) is 22.7 Å². The lowest BCUT2D eigenvalue weighted by Crippen LogP contribution is -2.31. The van der Waals surface area contributed by atoms with Crippen LogP contribution in [0.15, 0.2) is 47.4 Å². The van der Waals surface area contributed by atoms with Crippen molar-refractivity contribution in [3.05, 3.63) is 42.5 Å². The van der Waals surface area contributed by atoms with Gasteiger partial charge >= 0.3 is 0 Å². The van der Waals surface area contributed by atoms with Gasteiger partial charge in [0.1, 0.15) is 4.90 Å². The predicted molar refractivity (Wildman–Crippen MR) is 113 cm³/mol. The lowest BCUT2D eigenvalue weighted by molar-refractivity contribution is -0.129. The molecule has 0 spiro atoms. The number of hydroxylamine groups is 1. The van der Waals surface area contributed by atoms with E-state index < -0.39 is 15.9 Å². The first-order chi connectivity index (χ1) is 13.8. The van der Waals surface area contributed by atoms with Crippen LogP contribution >= 0.6 is 0 Å². The maximum Gasteiger partial charge on any atom is 0.266 e. The Bertz CT molecular complexity index is 992. The minimum absolute atomic E-state index is 0.205. The maximum absolute atomic E-state index is 13.6. The molecule has 0 atom stereocenters. The number of para-hydroxylation sites is 2. The third-order valence-electron chi connectivity index (χ3n) is 4.88. The van der Waals surface area contributed by atoms with Crippen LogP contribution in [0.2, 0.25) is 0 Å². The van der Waals surface area contributed by atoms with Crippen molar-refractivity contribution in [2.75, 3.05) is 35.2 Å². The number of carbonyl (C=O) groups excluding carboxylic acids is 1. The van der Waals surface area contributed by atoms with Gasteiger partial charge in [0.05, 0.1) is 17.1 Å². The number of sulfonamides is 1. The van der Waals surface area contributed by atoms with Crippen LogP contribution in [0.5, 0.6) is 0 Å². The van der Waals surface area contributed by atoms with Crippen LogP contribution in [-0.2, 0) is 14.8 Å². The first-order valence-corrected chi connectivity index (χ1v) is 10.9. The molecule has 0 unspecified atom stereocenters. The van der Waals surface area contributed by atoms with Crippen molar-refractivity contribution in [3.63, 3.8) is 0 Å². The summed E-state index contributed by atoms with van der Waals surface area (Å²) in [7, 11) is -0.0349. The van der Waals surface area contributed by atoms with E-state index in [0.29, 0.717) is 37.2 Å². The van der Waals surface area contributed by atoms with Gasteiger partial charge < -0.3 is 10.2 Å². The largest absolute Gasteiger partial charge is 0.378 e. The molecule has 3 N–H and O–H groups in total. The molecule has 29 heavy (non-hydrogen) atoms. The third kappa shape index (κ3) is 4.46. The molecule has 1 aliphatic rings. The lowest BCUT2D eigenvalue weighted by atomic mass is 10.2. The van der Waals surface area contributed by atoms with Crippen LogP contribution in [0.1, 0.15) is 25.7 Å². The molecular weight excluding hydrogens is 392 g/mol. The predicted octanol–water partition coefficient (Wildman–Crippen LogP) is 3.07. The summed E-state index contributed by atoms with van der Waals surface area (Å²) in [6.45, 7) is 0.299. The van der Waals surface area contributed by atoms with Crippen molar-refractivity contribution < 1.29 is 18.4 Å². The van der Waals surface area contributed by atoms with Gasteiger partial charge in [0.25, 0.3) is 10.0 Å². The van der Waals surface area contributed by atoms with E-state index in [9.17, 15) is 13.2 Å². The van der Waals surface area contributed by atoms with Crippen molar-refractivity contribution in [1.82, 2.24) is 5.48 Å². The highest BCUT2D eigenvalue weighted by atomic mass is 32.2. The average Bonchev–Trinajstić information content (AvgIpc) is 2.79. The number of hydrogen-bond donors (Lipinski definition) is 3. The number of nitrogens with zero attached hydrogens (tertiary/aromatic N) is 2. The minimum Gasteiger partial charge on any atom is -0.378 e. The van der Waals surface area contributed by atoms with Gasteiger partial charge in [-0.1, -0.05) is 18.6 Å². The maximum atomic E-state index is 13.6. The van der Waals surface area contributed by atoms with Crippen LogP contribution in [-0.4, -0.2) is 40.2 Å². The van der Waals surface area contributed by atoms with E-state index in [4.69, 9.17) is 5.21 Å². The van der Waals surface area contributed by atoms with E-state index in [1.165, 1.54) is 4.31 Å². The number of anilines is 4. The van der Waals surface area contributed by atoms with Gasteiger partial charge in [-0.2, -0.15) is 0 Å². The fourth-order valence-electron chi connectivity index (χ4n) is 3.31. The standard InChI is InChI=1S/C20H26N4O4S/c1-23(2)15-11-12-17-19(14-15)29(27,28)24(13-7-3-4-10-20(25)22-26)18-9-6-5-8-16(18)21-17/h5-6,8-9,11-12,14,21,26H,3-4,7,10,13H2,1-2H3,(H,22,25). The van der Waals surface area contributed by atoms with Crippen LogP contribution in [0, 0.1) is 0 Å². The fourth-order valence-corrected chi connectivity index (χ4v) is 5.00. The zero-order valence-electron chi connectivity index (χ0n) is 16.6. The molecule has 2 aromatic rings. The Morgan fingerprint density at radius 2 is 1.86 bits per heavy atom. The normalized spacial score (nSPS) is 14.2. The summed E-state index contributed by atoms with van der Waals surface area (Å²) in [6, 6.07) is 12.7. The first kappa shape index (κ1) is 20.9. The highest BCUT2D eigenvalue weighted by Gasteiger charge is 2.32. The summed E-state index contributed by atoms with van der Waals surface area (Å²) >= 11 is 0. The van der Waals surface area contributed by atoms with Crippen molar-refractivity contribution in [2.24, 2.45) is 0 Å². The molecule has 3 rings (SSSR count). The molecule has 1 heterocycles. The quantitative estimate of drug-likeness (QED) is 0.363. The zero-order chi connectivity index (χ0) is 21.0. The Morgan fingerprint density at radius 3 is 2.59 bits per heavy atom. The summed E-state index contributed by atoms with van der Waals surface area (Å²) in [6.07, 6.45) is 2.03. The van der Waals surface area contributed by atoms with E-state index >= 15 is 0 Å². The second kappa shape index (κ2) is 8.71. The van der Waals surface area contributed by atoms with Gasteiger partial charge in [0, 0.05) is 32.7 Å². The minimum atomic E-state index is -3.77. The molecule has 0 saturated carbocycles. The van der Waals surface area contributed by atoms with Crippen LogP contribution < -0.4 is 20.0 Å². The molecule has 0 saturated heterocycles. The fraction of sp³-hybridized carbons (Fsp3) is 0.350. The second-order valence-corrected chi connectivity index (χ2v) is 8.97. The summed E-state index contributed by atoms with van der Waals surface area (Å²) < 4.78 is 28.5. The Morgan fingerprint density at radius 1 is 1.10 bits per heavy atom. The topological polar surface area (TPSA) is 102 Å². The SMILES string of the molecule is CN(C)c1ccc2c(c1)S(=O)(=O)N(CCCCCC(=O)NO)c1ccccc1N2. The molecule has 1 amide bonds. The molecule has 156 valence electrons. The second-order valence-electron chi connectivity index (χ2n) is 7.14. The smallest absolute Gasteiger partial charge is 0.266 e.